The van der Waals surface area contributed by atoms with E-state index in [1.807, 2.05) is 6.92 Å². The number of fused-ring (bicyclic) bond motifs is 3. The molecule has 0 bridgehead atoms. The molecule has 3 aliphatic carbocycles. The Morgan fingerprint density at radius 1 is 0.920 bits per heavy atom. The van der Waals surface area contributed by atoms with Gasteiger partial charge in [0.15, 0.2) is 23.1 Å². The van der Waals surface area contributed by atoms with Gasteiger partial charge in [0.2, 0.25) is 5.78 Å². The molecule has 1 heterocycles. The number of hydrogen-bond acceptors (Lipinski definition) is 5. The largest absolute Gasteiger partial charge is 0.460 e. The van der Waals surface area contributed by atoms with Crippen LogP contribution in [0.1, 0.15) is 78.1 Å². The molecule has 0 unspecified atom stereocenters. The van der Waals surface area contributed by atoms with Gasteiger partial charge in [-0.05, 0) is 36.3 Å². The minimum absolute atomic E-state index is 0.0362. The van der Waals surface area contributed by atoms with Gasteiger partial charge in [-0.15, -0.1) is 0 Å². The number of furan rings is 1. The summed E-state index contributed by atoms with van der Waals surface area (Å²) in [4.78, 5) is 49.5. The molecule has 0 spiro atoms. The second-order valence-electron chi connectivity index (χ2n) is 6.94. The predicted molar refractivity (Wildman–Crippen MR) is 86.4 cm³/mol. The summed E-state index contributed by atoms with van der Waals surface area (Å²) in [5.74, 6) is -0.756. The summed E-state index contributed by atoms with van der Waals surface area (Å²) in [6.07, 6.45) is 4.71. The van der Waals surface area contributed by atoms with Crippen LogP contribution in [0.15, 0.2) is 35.0 Å². The lowest BCUT2D eigenvalue weighted by Crippen LogP contribution is -2.37. The number of hydrogen-bond donors (Lipinski definition) is 0. The van der Waals surface area contributed by atoms with Crippen molar-refractivity contribution in [2.24, 2.45) is 0 Å². The van der Waals surface area contributed by atoms with Gasteiger partial charge < -0.3 is 4.42 Å². The van der Waals surface area contributed by atoms with Crippen LogP contribution in [-0.2, 0) is 5.41 Å². The number of ketones is 4. The molecule has 0 fully saturated rings. The van der Waals surface area contributed by atoms with E-state index in [9.17, 15) is 19.2 Å². The Balaban J connectivity index is 1.86. The Bertz CT molecular complexity index is 1080. The van der Waals surface area contributed by atoms with Crippen LogP contribution < -0.4 is 0 Å². The summed E-state index contributed by atoms with van der Waals surface area (Å²) < 4.78 is 5.45. The number of carbonyl (C=O) groups excluding carboxylic acids is 4. The minimum Gasteiger partial charge on any atom is -0.460 e. The molecular weight excluding hydrogens is 320 g/mol. The lowest BCUT2D eigenvalue weighted by atomic mass is 9.62. The molecular formula is C20H12O5. The van der Waals surface area contributed by atoms with Crippen molar-refractivity contribution in [3.63, 3.8) is 0 Å². The van der Waals surface area contributed by atoms with Gasteiger partial charge in [-0.25, -0.2) is 0 Å². The topological polar surface area (TPSA) is 81.4 Å². The highest BCUT2D eigenvalue weighted by Crippen LogP contribution is 2.50. The van der Waals surface area contributed by atoms with Gasteiger partial charge in [-0.3, -0.25) is 19.2 Å². The molecule has 5 rings (SSSR count). The maximum atomic E-state index is 12.9. The van der Waals surface area contributed by atoms with Crippen molar-refractivity contribution < 1.29 is 23.6 Å². The summed E-state index contributed by atoms with van der Waals surface area (Å²) in [6, 6.07) is 3.16. The Kier molecular flexibility index (Phi) is 2.46. The first-order valence-corrected chi connectivity index (χ1v) is 8.07. The van der Waals surface area contributed by atoms with Gasteiger partial charge in [0.1, 0.15) is 6.26 Å². The summed E-state index contributed by atoms with van der Waals surface area (Å²) in [6.45, 7) is 1.96. The molecule has 0 aliphatic heterocycles. The first kappa shape index (κ1) is 14.3. The van der Waals surface area contributed by atoms with Gasteiger partial charge in [0.05, 0.1) is 5.56 Å². The van der Waals surface area contributed by atoms with Crippen LogP contribution in [0.4, 0.5) is 0 Å². The van der Waals surface area contributed by atoms with Gasteiger partial charge >= 0.3 is 0 Å². The lowest BCUT2D eigenvalue weighted by molar-refractivity contribution is 0.0956. The number of benzene rings is 1. The van der Waals surface area contributed by atoms with Crippen molar-refractivity contribution >= 4 is 23.1 Å². The van der Waals surface area contributed by atoms with Crippen LogP contribution in [0.5, 0.6) is 0 Å². The van der Waals surface area contributed by atoms with E-state index in [1.54, 1.807) is 6.07 Å². The third-order valence-corrected chi connectivity index (χ3v) is 5.62. The normalized spacial score (nSPS) is 23.4. The summed E-state index contributed by atoms with van der Waals surface area (Å²) in [5, 5.41) is 0. The molecule has 25 heavy (non-hydrogen) atoms. The highest BCUT2D eigenvalue weighted by molar-refractivity contribution is 6.24. The van der Waals surface area contributed by atoms with Crippen LogP contribution in [-0.4, -0.2) is 23.1 Å². The Morgan fingerprint density at radius 3 is 2.32 bits per heavy atom. The Hall–Kier alpha value is -3.08. The van der Waals surface area contributed by atoms with E-state index in [1.165, 1.54) is 24.5 Å². The van der Waals surface area contributed by atoms with Crippen molar-refractivity contribution in [3.05, 3.63) is 69.7 Å². The van der Waals surface area contributed by atoms with E-state index < -0.39 is 5.41 Å². The zero-order chi connectivity index (χ0) is 17.5. The van der Waals surface area contributed by atoms with Crippen LogP contribution >= 0.6 is 0 Å². The highest BCUT2D eigenvalue weighted by Gasteiger charge is 2.48. The van der Waals surface area contributed by atoms with Gasteiger partial charge in [-0.2, -0.15) is 0 Å². The third-order valence-electron chi connectivity index (χ3n) is 5.62. The molecule has 0 amide bonds. The fourth-order valence-electron chi connectivity index (χ4n) is 4.28. The molecule has 122 valence electrons. The van der Waals surface area contributed by atoms with Gasteiger partial charge in [-0.1, -0.05) is 6.92 Å². The number of rotatable bonds is 0. The molecule has 5 nitrogen and oxygen atoms in total. The van der Waals surface area contributed by atoms with E-state index in [0.29, 0.717) is 40.7 Å². The number of Topliss-reactive ketones (excluding diaryl/α,β-unsaturated/α-hetero) is 1. The van der Waals surface area contributed by atoms with E-state index in [0.717, 1.165) is 0 Å². The zero-order valence-electron chi connectivity index (χ0n) is 13.3. The molecule has 0 N–H and O–H groups in total. The zero-order valence-corrected chi connectivity index (χ0v) is 13.3. The molecule has 0 radical (unpaired) electrons. The maximum absolute atomic E-state index is 12.9. The molecule has 3 aliphatic rings. The van der Waals surface area contributed by atoms with Crippen LogP contribution in [0.2, 0.25) is 0 Å². The van der Waals surface area contributed by atoms with Gasteiger partial charge in [0, 0.05) is 34.1 Å². The smallest absolute Gasteiger partial charge is 0.228 e. The van der Waals surface area contributed by atoms with E-state index in [4.69, 9.17) is 4.42 Å². The monoisotopic (exact) mass is 332 g/mol. The number of carbonyl (C=O) groups is 4. The molecule has 1 atom stereocenters. The van der Waals surface area contributed by atoms with Crippen LogP contribution in [0, 0.1) is 0 Å². The van der Waals surface area contributed by atoms with E-state index in [2.05, 4.69) is 0 Å². The maximum Gasteiger partial charge on any atom is 0.228 e. The van der Waals surface area contributed by atoms with Crippen molar-refractivity contribution in [1.29, 1.82) is 0 Å². The fourth-order valence-corrected chi connectivity index (χ4v) is 4.28. The van der Waals surface area contributed by atoms with Crippen LogP contribution in [0.25, 0.3) is 0 Å². The van der Waals surface area contributed by atoms with Crippen molar-refractivity contribution in [2.75, 3.05) is 0 Å². The molecule has 0 saturated heterocycles. The second-order valence-corrected chi connectivity index (χ2v) is 6.94. The Morgan fingerprint density at radius 2 is 1.60 bits per heavy atom. The van der Waals surface area contributed by atoms with E-state index >= 15 is 0 Å². The van der Waals surface area contributed by atoms with Crippen molar-refractivity contribution in [3.8, 4) is 0 Å². The summed E-state index contributed by atoms with van der Waals surface area (Å²) in [5.41, 5.74) is 2.09. The second kappa shape index (κ2) is 4.30. The molecule has 1 aromatic carbocycles. The minimum atomic E-state index is -0.589. The first-order valence-electron chi connectivity index (χ1n) is 8.07. The fraction of sp³-hybridized carbons (Fsp3) is 0.200. The Labute approximate surface area is 142 Å². The SMILES string of the molecule is C[C@]12CCC(=O)c3coc(c31)C(=O)c1cc3c(cc12)C(=O)C=CC3=O. The van der Waals surface area contributed by atoms with Crippen LogP contribution in [0.3, 0.4) is 0 Å². The molecule has 2 aromatic rings. The van der Waals surface area contributed by atoms with Crippen molar-refractivity contribution in [1.82, 2.24) is 0 Å². The summed E-state index contributed by atoms with van der Waals surface area (Å²) >= 11 is 0. The van der Waals surface area contributed by atoms with Crippen molar-refractivity contribution in [2.45, 2.75) is 25.2 Å². The lowest BCUT2D eigenvalue weighted by Gasteiger charge is -2.38. The quantitative estimate of drug-likeness (QED) is 0.740. The molecule has 0 saturated carbocycles. The number of allylic oxidation sites excluding steroid dienone is 2. The molecule has 5 heteroatoms. The average Bonchev–Trinajstić information content (AvgIpc) is 3.06. The summed E-state index contributed by atoms with van der Waals surface area (Å²) in [7, 11) is 0. The van der Waals surface area contributed by atoms with E-state index in [-0.39, 0.29) is 34.5 Å². The predicted octanol–water partition coefficient (Wildman–Crippen LogP) is 3.04. The van der Waals surface area contributed by atoms with Gasteiger partial charge in [0.25, 0.3) is 0 Å². The third kappa shape index (κ3) is 1.58. The first-order chi connectivity index (χ1) is 11.9. The average molecular weight is 332 g/mol. The standard InChI is InChI=1S/C20H12O5/c1-20-5-4-16(23)12-8-25-19(17(12)20)18(24)11-6-9-10(7-13(11)20)15(22)3-2-14(9)21/h2-3,6-8H,4-5H2,1H3/t20-/m1/s1. The highest BCUT2D eigenvalue weighted by atomic mass is 16.3. The molecule has 1 aromatic heterocycles.